The fourth-order valence-corrected chi connectivity index (χ4v) is 3.21. The van der Waals surface area contributed by atoms with Gasteiger partial charge in [0, 0.05) is 6.07 Å². The predicted octanol–water partition coefficient (Wildman–Crippen LogP) is 6.52. The number of nitrogens with one attached hydrogen (secondary N) is 1. The third-order valence-electron chi connectivity index (χ3n) is 4.44. The molecule has 0 aliphatic heterocycles. The van der Waals surface area contributed by atoms with Gasteiger partial charge < -0.3 is 9.51 Å². The van der Waals surface area contributed by atoms with Gasteiger partial charge in [0.05, 0.1) is 22.3 Å². The number of hydrogen-bond donors (Lipinski definition) is 1. The lowest BCUT2D eigenvalue weighted by atomic mass is 9.99. The van der Waals surface area contributed by atoms with Crippen LogP contribution in [0.25, 0.3) is 33.7 Å². The zero-order valence-corrected chi connectivity index (χ0v) is 16.6. The zero-order chi connectivity index (χ0) is 19.9. The molecule has 0 bridgehead atoms. The average molecular weight is 422 g/mol. The highest BCUT2D eigenvalue weighted by molar-refractivity contribution is 5.85. The molecule has 29 heavy (non-hydrogen) atoms. The Bertz CT molecular complexity index is 1130. The van der Waals surface area contributed by atoms with Crippen LogP contribution in [0.5, 0.6) is 0 Å². The van der Waals surface area contributed by atoms with Crippen LogP contribution in [-0.4, -0.2) is 15.1 Å². The molecule has 0 unspecified atom stereocenters. The van der Waals surface area contributed by atoms with Crippen molar-refractivity contribution in [2.75, 3.05) is 0 Å². The monoisotopic (exact) mass is 421 g/mol. The van der Waals surface area contributed by atoms with Crippen LogP contribution in [0.4, 0.5) is 13.2 Å². The summed E-state index contributed by atoms with van der Waals surface area (Å²) in [7, 11) is 0. The largest absolute Gasteiger partial charge is 0.417 e. The highest BCUT2D eigenvalue weighted by atomic mass is 35.5. The Hall–Kier alpha value is -2.80. The Labute approximate surface area is 171 Å². The summed E-state index contributed by atoms with van der Waals surface area (Å²) < 4.78 is 45.3. The minimum Gasteiger partial charge on any atom is -0.353 e. The maximum Gasteiger partial charge on any atom is 0.417 e. The topological polar surface area (TPSA) is 54.7 Å². The molecule has 0 amide bonds. The molecular weight excluding hydrogens is 403 g/mol. The van der Waals surface area contributed by atoms with E-state index in [2.05, 4.69) is 29.0 Å². The average Bonchev–Trinajstić information content (AvgIpc) is 3.26. The molecule has 0 atom stereocenters. The number of benzene rings is 2. The van der Waals surface area contributed by atoms with Crippen molar-refractivity contribution < 1.29 is 17.7 Å². The predicted molar refractivity (Wildman–Crippen MR) is 108 cm³/mol. The number of halogens is 4. The van der Waals surface area contributed by atoms with Gasteiger partial charge in [0.1, 0.15) is 0 Å². The Morgan fingerprint density at radius 1 is 1.07 bits per heavy atom. The fourth-order valence-electron chi connectivity index (χ4n) is 3.21. The van der Waals surface area contributed by atoms with Crippen LogP contribution in [0.2, 0.25) is 0 Å². The number of nitrogens with zero attached hydrogens (tertiary/aromatic N) is 2. The number of imidazole rings is 1. The maximum absolute atomic E-state index is 13.3. The first-order valence-electron chi connectivity index (χ1n) is 8.93. The molecule has 0 aliphatic rings. The number of aromatic amines is 1. The molecule has 0 saturated heterocycles. The van der Waals surface area contributed by atoms with Gasteiger partial charge in [0.2, 0.25) is 5.76 Å². The standard InChI is InChI=1S/C21H18F3N3O.ClH/c1-12(2)9-14-11-19(28-27-14)20-25-17-8-7-13(10-18(17)26-20)15-5-3-4-6-16(15)21(22,23)24;/h3-8,10-12H,9H2,1-2H3,(H,25,26);1H. The molecule has 0 saturated carbocycles. The first-order valence-corrected chi connectivity index (χ1v) is 8.93. The number of alkyl halides is 3. The van der Waals surface area contributed by atoms with E-state index in [0.29, 0.717) is 34.1 Å². The second kappa shape index (κ2) is 7.91. The molecule has 4 aromatic rings. The van der Waals surface area contributed by atoms with Gasteiger partial charge >= 0.3 is 6.18 Å². The normalized spacial score (nSPS) is 11.8. The molecule has 0 radical (unpaired) electrons. The van der Waals surface area contributed by atoms with E-state index in [0.717, 1.165) is 18.2 Å². The van der Waals surface area contributed by atoms with Crippen LogP contribution in [0.3, 0.4) is 0 Å². The SMILES string of the molecule is CC(C)Cc1cc(-c2nc3ccc(-c4ccccc4C(F)(F)F)cc3[nH]2)on1.Cl. The lowest BCUT2D eigenvalue weighted by molar-refractivity contribution is -0.137. The first kappa shape index (κ1) is 20.9. The highest BCUT2D eigenvalue weighted by Gasteiger charge is 2.33. The minimum atomic E-state index is -4.42. The van der Waals surface area contributed by atoms with E-state index >= 15 is 0 Å². The zero-order valence-electron chi connectivity index (χ0n) is 15.7. The third kappa shape index (κ3) is 4.29. The number of hydrogen-bond acceptors (Lipinski definition) is 3. The maximum atomic E-state index is 13.3. The van der Waals surface area contributed by atoms with E-state index in [1.165, 1.54) is 12.1 Å². The van der Waals surface area contributed by atoms with Crippen LogP contribution in [0.1, 0.15) is 25.1 Å². The smallest absolute Gasteiger partial charge is 0.353 e. The molecule has 0 spiro atoms. The van der Waals surface area contributed by atoms with Gasteiger partial charge in [-0.3, -0.25) is 0 Å². The van der Waals surface area contributed by atoms with Crippen LogP contribution >= 0.6 is 12.4 Å². The molecule has 152 valence electrons. The van der Waals surface area contributed by atoms with E-state index in [1.807, 2.05) is 6.07 Å². The van der Waals surface area contributed by atoms with Gasteiger partial charge in [-0.25, -0.2) is 4.98 Å². The van der Waals surface area contributed by atoms with E-state index in [1.54, 1.807) is 24.3 Å². The van der Waals surface area contributed by atoms with E-state index in [9.17, 15) is 13.2 Å². The second-order valence-corrected chi connectivity index (χ2v) is 7.14. The number of aromatic nitrogens is 3. The Kier molecular flexibility index (Phi) is 5.71. The summed E-state index contributed by atoms with van der Waals surface area (Å²) in [6.07, 6.45) is -3.63. The summed E-state index contributed by atoms with van der Waals surface area (Å²) >= 11 is 0. The van der Waals surface area contributed by atoms with Gasteiger partial charge in [0.15, 0.2) is 5.82 Å². The molecular formula is C21H19ClF3N3O. The summed E-state index contributed by atoms with van der Waals surface area (Å²) in [6.45, 7) is 4.19. The van der Waals surface area contributed by atoms with Crippen molar-refractivity contribution >= 4 is 23.4 Å². The summed E-state index contributed by atoms with van der Waals surface area (Å²) in [5.41, 5.74) is 2.05. The van der Waals surface area contributed by atoms with Gasteiger partial charge in [-0.05, 0) is 41.7 Å². The van der Waals surface area contributed by atoms with E-state index < -0.39 is 11.7 Å². The van der Waals surface area contributed by atoms with Crippen molar-refractivity contribution in [2.45, 2.75) is 26.4 Å². The van der Waals surface area contributed by atoms with Crippen molar-refractivity contribution in [1.82, 2.24) is 15.1 Å². The van der Waals surface area contributed by atoms with Crippen molar-refractivity contribution in [2.24, 2.45) is 5.92 Å². The van der Waals surface area contributed by atoms with Gasteiger partial charge in [-0.2, -0.15) is 13.2 Å². The van der Waals surface area contributed by atoms with Gasteiger partial charge in [-0.1, -0.05) is 43.3 Å². The van der Waals surface area contributed by atoms with Crippen LogP contribution < -0.4 is 0 Å². The molecule has 8 heteroatoms. The first-order chi connectivity index (χ1) is 13.3. The Balaban J connectivity index is 0.00000240. The number of rotatable bonds is 4. The molecule has 0 fully saturated rings. The fraction of sp³-hybridized carbons (Fsp3) is 0.238. The summed E-state index contributed by atoms with van der Waals surface area (Å²) in [5.74, 6) is 1.45. The third-order valence-corrected chi connectivity index (χ3v) is 4.44. The Morgan fingerprint density at radius 3 is 2.55 bits per heavy atom. The highest BCUT2D eigenvalue weighted by Crippen LogP contribution is 2.37. The van der Waals surface area contributed by atoms with Crippen LogP contribution in [0.15, 0.2) is 53.1 Å². The quantitative estimate of drug-likeness (QED) is 0.408. The molecule has 1 N–H and O–H groups in total. The lowest BCUT2D eigenvalue weighted by Crippen LogP contribution is -2.06. The number of H-pyrrole nitrogens is 1. The van der Waals surface area contributed by atoms with Crippen LogP contribution in [0, 0.1) is 5.92 Å². The van der Waals surface area contributed by atoms with Crippen molar-refractivity contribution in [1.29, 1.82) is 0 Å². The second-order valence-electron chi connectivity index (χ2n) is 7.14. The number of fused-ring (bicyclic) bond motifs is 1. The molecule has 4 rings (SSSR count). The molecule has 2 aromatic heterocycles. The lowest BCUT2D eigenvalue weighted by Gasteiger charge is -2.12. The molecule has 4 nitrogen and oxygen atoms in total. The summed E-state index contributed by atoms with van der Waals surface area (Å²) in [6, 6.07) is 12.4. The van der Waals surface area contributed by atoms with Crippen molar-refractivity contribution in [3.63, 3.8) is 0 Å². The minimum absolute atomic E-state index is 0. The molecule has 2 heterocycles. The van der Waals surface area contributed by atoms with E-state index in [-0.39, 0.29) is 18.0 Å². The Morgan fingerprint density at radius 2 is 1.83 bits per heavy atom. The summed E-state index contributed by atoms with van der Waals surface area (Å²) in [4.78, 5) is 7.59. The van der Waals surface area contributed by atoms with E-state index in [4.69, 9.17) is 4.52 Å². The molecule has 0 aliphatic carbocycles. The van der Waals surface area contributed by atoms with Crippen LogP contribution in [-0.2, 0) is 12.6 Å². The van der Waals surface area contributed by atoms with Crippen molar-refractivity contribution in [3.8, 4) is 22.7 Å². The van der Waals surface area contributed by atoms with Crippen molar-refractivity contribution in [3.05, 3.63) is 59.8 Å². The summed E-state index contributed by atoms with van der Waals surface area (Å²) in [5, 5.41) is 4.05. The van der Waals surface area contributed by atoms with Gasteiger partial charge in [0.25, 0.3) is 0 Å². The van der Waals surface area contributed by atoms with Gasteiger partial charge in [-0.15, -0.1) is 12.4 Å². The molecule has 2 aromatic carbocycles.